The Balaban J connectivity index is 3.09. The molecule has 1 rings (SSSR count). The van der Waals surface area contributed by atoms with E-state index >= 15 is 0 Å². The minimum atomic E-state index is -3.79. The molecule has 0 spiro atoms. The first-order chi connectivity index (χ1) is 8.43. The van der Waals surface area contributed by atoms with Crippen molar-refractivity contribution in [2.24, 2.45) is 0 Å². The van der Waals surface area contributed by atoms with E-state index < -0.39 is 16.0 Å². The van der Waals surface area contributed by atoms with Crippen molar-refractivity contribution < 1.29 is 23.4 Å². The van der Waals surface area contributed by atoms with Crippen LogP contribution in [0.5, 0.6) is 0 Å². The molecule has 0 aliphatic rings. The number of aliphatic hydroxyl groups excluding tert-OH is 1. The first-order valence-corrected chi connectivity index (χ1v) is 7.29. The van der Waals surface area contributed by atoms with Crippen LogP contribution in [0.25, 0.3) is 0 Å². The average molecular weight is 291 g/mol. The first kappa shape index (κ1) is 14.8. The van der Waals surface area contributed by atoms with E-state index in [2.05, 4.69) is 6.58 Å². The molecule has 0 saturated heterocycles. The Labute approximate surface area is 109 Å². The van der Waals surface area contributed by atoms with E-state index in [1.165, 1.54) is 11.5 Å². The molecule has 0 atom stereocenters. The highest BCUT2D eigenvalue weighted by Crippen LogP contribution is 2.22. The van der Waals surface area contributed by atoms with Gasteiger partial charge in [0, 0.05) is 18.5 Å². The summed E-state index contributed by atoms with van der Waals surface area (Å²) in [5, 5.41) is 18.9. The highest BCUT2D eigenvalue weighted by molar-refractivity contribution is 7.89. The van der Waals surface area contributed by atoms with E-state index in [1.54, 1.807) is 0 Å². The Morgan fingerprint density at radius 2 is 2.22 bits per heavy atom. The maximum Gasteiger partial charge on any atom is 0.345 e. The molecule has 0 aliphatic heterocycles. The lowest BCUT2D eigenvalue weighted by molar-refractivity contribution is 0.0702. The normalized spacial score (nSPS) is 11.7. The van der Waals surface area contributed by atoms with Crippen LogP contribution < -0.4 is 0 Å². The third-order valence-electron chi connectivity index (χ3n) is 2.11. The smallest absolute Gasteiger partial charge is 0.345 e. The zero-order chi connectivity index (χ0) is 13.8. The van der Waals surface area contributed by atoms with Gasteiger partial charge in [0.25, 0.3) is 0 Å². The standard InChI is InChI=1S/C10H13NO5S2/c1-2-3-11(4-5-12)18(15,16)8-6-9(10(13)14)17-7-8/h2,6-7,12H,1,3-5H2,(H,13,14). The van der Waals surface area contributed by atoms with Gasteiger partial charge in [0.2, 0.25) is 10.0 Å². The molecule has 8 heteroatoms. The van der Waals surface area contributed by atoms with E-state index in [4.69, 9.17) is 10.2 Å². The van der Waals surface area contributed by atoms with Crippen molar-refractivity contribution in [3.05, 3.63) is 29.0 Å². The van der Waals surface area contributed by atoms with Gasteiger partial charge < -0.3 is 10.2 Å². The fraction of sp³-hybridized carbons (Fsp3) is 0.300. The first-order valence-electron chi connectivity index (χ1n) is 4.97. The molecular formula is C10H13NO5S2. The maximum absolute atomic E-state index is 12.1. The number of rotatable bonds is 7. The second-order valence-corrected chi connectivity index (χ2v) is 6.18. The number of thiophene rings is 1. The number of carbonyl (C=O) groups is 1. The van der Waals surface area contributed by atoms with Gasteiger partial charge in [-0.25, -0.2) is 13.2 Å². The highest BCUT2D eigenvalue weighted by atomic mass is 32.2. The van der Waals surface area contributed by atoms with Gasteiger partial charge in [-0.3, -0.25) is 0 Å². The van der Waals surface area contributed by atoms with Crippen molar-refractivity contribution in [1.82, 2.24) is 4.31 Å². The Kier molecular flexibility index (Phi) is 5.03. The molecule has 1 aromatic heterocycles. The van der Waals surface area contributed by atoms with Gasteiger partial charge in [-0.2, -0.15) is 4.31 Å². The summed E-state index contributed by atoms with van der Waals surface area (Å²) in [5.41, 5.74) is 0. The highest BCUT2D eigenvalue weighted by Gasteiger charge is 2.25. The molecule has 0 fully saturated rings. The lowest BCUT2D eigenvalue weighted by atomic mass is 10.5. The van der Waals surface area contributed by atoms with E-state index in [-0.39, 0.29) is 29.5 Å². The summed E-state index contributed by atoms with van der Waals surface area (Å²) in [4.78, 5) is 10.6. The lowest BCUT2D eigenvalue weighted by Gasteiger charge is -2.18. The number of sulfonamides is 1. The maximum atomic E-state index is 12.1. The Hall–Kier alpha value is -1.22. The van der Waals surface area contributed by atoms with Crippen LogP contribution >= 0.6 is 11.3 Å². The monoisotopic (exact) mass is 291 g/mol. The number of nitrogens with zero attached hydrogens (tertiary/aromatic N) is 1. The van der Waals surface area contributed by atoms with Gasteiger partial charge in [-0.05, 0) is 6.07 Å². The zero-order valence-corrected chi connectivity index (χ0v) is 11.1. The predicted octanol–water partition coefficient (Wildman–Crippen LogP) is 0.615. The van der Waals surface area contributed by atoms with Gasteiger partial charge in [0.15, 0.2) is 0 Å². The summed E-state index contributed by atoms with van der Waals surface area (Å²) in [6.45, 7) is 3.12. The van der Waals surface area contributed by atoms with Crippen LogP contribution in [-0.2, 0) is 10.0 Å². The van der Waals surface area contributed by atoms with Gasteiger partial charge in [-0.1, -0.05) is 6.08 Å². The number of carboxylic acids is 1. The summed E-state index contributed by atoms with van der Waals surface area (Å²) in [6, 6.07) is 1.11. The quantitative estimate of drug-likeness (QED) is 0.718. The molecule has 0 unspecified atom stereocenters. The molecule has 0 radical (unpaired) electrons. The molecule has 1 aromatic rings. The van der Waals surface area contributed by atoms with Crippen LogP contribution in [0.1, 0.15) is 9.67 Å². The molecule has 0 bridgehead atoms. The van der Waals surface area contributed by atoms with Crippen LogP contribution in [0, 0.1) is 0 Å². The SMILES string of the molecule is C=CCN(CCO)S(=O)(=O)c1csc(C(=O)O)c1. The van der Waals surface area contributed by atoms with Gasteiger partial charge in [0.05, 0.1) is 11.5 Å². The topological polar surface area (TPSA) is 94.9 Å². The third kappa shape index (κ3) is 3.16. The molecule has 0 saturated carbocycles. The summed E-state index contributed by atoms with van der Waals surface area (Å²) in [7, 11) is -3.79. The third-order valence-corrected chi connectivity index (χ3v) is 5.02. The van der Waals surface area contributed by atoms with E-state index in [1.807, 2.05) is 0 Å². The minimum Gasteiger partial charge on any atom is -0.477 e. The molecule has 0 aliphatic carbocycles. The van der Waals surface area contributed by atoms with Gasteiger partial charge in [-0.15, -0.1) is 17.9 Å². The largest absolute Gasteiger partial charge is 0.477 e. The van der Waals surface area contributed by atoms with Crippen LogP contribution in [0.2, 0.25) is 0 Å². The van der Waals surface area contributed by atoms with Crippen molar-refractivity contribution in [2.75, 3.05) is 19.7 Å². The molecule has 18 heavy (non-hydrogen) atoms. The molecule has 6 nitrogen and oxygen atoms in total. The summed E-state index contributed by atoms with van der Waals surface area (Å²) >= 11 is 0.844. The number of aliphatic hydroxyl groups is 1. The lowest BCUT2D eigenvalue weighted by Crippen LogP contribution is -2.33. The van der Waals surface area contributed by atoms with Crippen LogP contribution in [0.4, 0.5) is 0 Å². The zero-order valence-electron chi connectivity index (χ0n) is 9.44. The van der Waals surface area contributed by atoms with Crippen LogP contribution in [-0.4, -0.2) is 48.6 Å². The second-order valence-electron chi connectivity index (χ2n) is 3.33. The van der Waals surface area contributed by atoms with Crippen molar-refractivity contribution in [1.29, 1.82) is 0 Å². The molecule has 1 heterocycles. The van der Waals surface area contributed by atoms with Crippen molar-refractivity contribution in [3.8, 4) is 0 Å². The number of hydrogen-bond donors (Lipinski definition) is 2. The average Bonchev–Trinajstić information content (AvgIpc) is 2.78. The number of hydrogen-bond acceptors (Lipinski definition) is 5. The fourth-order valence-electron chi connectivity index (χ4n) is 1.28. The fourth-order valence-corrected chi connectivity index (χ4v) is 3.78. The minimum absolute atomic E-state index is 0.0453. The second kappa shape index (κ2) is 6.10. The summed E-state index contributed by atoms with van der Waals surface area (Å²) in [5.74, 6) is -1.17. The van der Waals surface area contributed by atoms with Gasteiger partial charge in [0.1, 0.15) is 4.88 Å². The van der Waals surface area contributed by atoms with E-state index in [0.29, 0.717) is 0 Å². The van der Waals surface area contributed by atoms with Gasteiger partial charge >= 0.3 is 5.97 Å². The van der Waals surface area contributed by atoms with Crippen molar-refractivity contribution in [3.63, 3.8) is 0 Å². The van der Waals surface area contributed by atoms with Crippen molar-refractivity contribution >= 4 is 27.3 Å². The Morgan fingerprint density at radius 3 is 2.67 bits per heavy atom. The van der Waals surface area contributed by atoms with Crippen LogP contribution in [0.15, 0.2) is 29.0 Å². The summed E-state index contributed by atoms with van der Waals surface area (Å²) in [6.07, 6.45) is 1.40. The van der Waals surface area contributed by atoms with Crippen LogP contribution in [0.3, 0.4) is 0 Å². The molecule has 0 amide bonds. The molecule has 0 aromatic carbocycles. The Bertz CT molecular complexity index is 534. The van der Waals surface area contributed by atoms with E-state index in [9.17, 15) is 13.2 Å². The van der Waals surface area contributed by atoms with Crippen molar-refractivity contribution in [2.45, 2.75) is 4.90 Å². The molecular weight excluding hydrogens is 278 g/mol. The predicted molar refractivity (Wildman–Crippen MR) is 67.3 cm³/mol. The summed E-state index contributed by atoms with van der Waals surface area (Å²) < 4.78 is 25.3. The Morgan fingerprint density at radius 1 is 1.56 bits per heavy atom. The molecule has 2 N–H and O–H groups in total. The number of carboxylic acid groups (broad SMARTS) is 1. The van der Waals surface area contributed by atoms with E-state index in [0.717, 1.165) is 21.7 Å². The molecule has 100 valence electrons. The number of aromatic carboxylic acids is 1.